The topological polar surface area (TPSA) is 80.0 Å². The molecule has 0 spiro atoms. The average molecular weight is 230 g/mol. The highest BCUT2D eigenvalue weighted by molar-refractivity contribution is 6.03. The van der Waals surface area contributed by atoms with E-state index in [-0.39, 0.29) is 6.03 Å². The largest absolute Gasteiger partial charge is 0.397 e. The smallest absolute Gasteiger partial charge is 0.319 e. The molecule has 0 saturated heterocycles. The molecule has 0 aliphatic rings. The number of rotatable bonds is 2. The number of hydrogen-bond donors (Lipinski definition) is 3. The number of nitrogens with zero attached hydrogens (tertiary/aromatic N) is 1. The molecule has 1 aromatic carbocycles. The van der Waals surface area contributed by atoms with E-state index in [0.717, 1.165) is 5.39 Å². The number of amides is 2. The van der Waals surface area contributed by atoms with Crippen LogP contribution in [0.15, 0.2) is 30.5 Å². The lowest BCUT2D eigenvalue weighted by Crippen LogP contribution is -2.28. The lowest BCUT2D eigenvalue weighted by atomic mass is 10.1. The number of benzene rings is 1. The van der Waals surface area contributed by atoms with Crippen LogP contribution in [0.4, 0.5) is 16.2 Å². The summed E-state index contributed by atoms with van der Waals surface area (Å²) in [5.41, 5.74) is 7.82. The van der Waals surface area contributed by atoms with Gasteiger partial charge in [0, 0.05) is 18.1 Å². The standard InChI is InChI=1S/C12H14N4O/c1-2-14-12(17)16-10-6-5-9(13)11-8(10)4-3-7-15-11/h3-7H,2,13H2,1H3,(H2,14,16,17). The van der Waals surface area contributed by atoms with E-state index in [1.165, 1.54) is 0 Å². The van der Waals surface area contributed by atoms with Gasteiger partial charge in [0.25, 0.3) is 0 Å². The molecule has 0 unspecified atom stereocenters. The van der Waals surface area contributed by atoms with Crippen LogP contribution < -0.4 is 16.4 Å². The first-order chi connectivity index (χ1) is 8.22. The second kappa shape index (κ2) is 4.69. The summed E-state index contributed by atoms with van der Waals surface area (Å²) in [7, 11) is 0. The number of pyridine rings is 1. The van der Waals surface area contributed by atoms with Gasteiger partial charge in [-0.1, -0.05) is 0 Å². The molecule has 2 rings (SSSR count). The first kappa shape index (κ1) is 11.2. The third kappa shape index (κ3) is 2.28. The number of carbonyl (C=O) groups is 1. The van der Waals surface area contributed by atoms with E-state index in [0.29, 0.717) is 23.4 Å². The molecule has 2 aromatic rings. The van der Waals surface area contributed by atoms with Gasteiger partial charge in [-0.25, -0.2) is 4.79 Å². The normalized spacial score (nSPS) is 10.2. The predicted molar refractivity (Wildman–Crippen MR) is 68.9 cm³/mol. The van der Waals surface area contributed by atoms with E-state index in [4.69, 9.17) is 5.73 Å². The van der Waals surface area contributed by atoms with Crippen LogP contribution >= 0.6 is 0 Å². The summed E-state index contributed by atoms with van der Waals surface area (Å²) in [6.45, 7) is 2.44. The molecule has 88 valence electrons. The number of nitrogens with two attached hydrogens (primary N) is 1. The van der Waals surface area contributed by atoms with Gasteiger partial charge in [0.1, 0.15) is 0 Å². The van der Waals surface area contributed by atoms with E-state index in [2.05, 4.69) is 15.6 Å². The van der Waals surface area contributed by atoms with Crippen LogP contribution in [0.5, 0.6) is 0 Å². The van der Waals surface area contributed by atoms with Crippen LogP contribution in [0.1, 0.15) is 6.92 Å². The molecule has 5 nitrogen and oxygen atoms in total. The minimum Gasteiger partial charge on any atom is -0.397 e. The Balaban J connectivity index is 2.41. The number of nitrogen functional groups attached to an aromatic ring is 1. The van der Waals surface area contributed by atoms with Gasteiger partial charge >= 0.3 is 6.03 Å². The van der Waals surface area contributed by atoms with Gasteiger partial charge in [-0.2, -0.15) is 0 Å². The van der Waals surface area contributed by atoms with Gasteiger partial charge in [-0.05, 0) is 31.2 Å². The van der Waals surface area contributed by atoms with Gasteiger partial charge < -0.3 is 16.4 Å². The fourth-order valence-electron chi connectivity index (χ4n) is 1.63. The molecule has 0 atom stereocenters. The zero-order valence-electron chi connectivity index (χ0n) is 9.53. The molecule has 1 heterocycles. The molecule has 0 saturated carbocycles. The highest BCUT2D eigenvalue weighted by Crippen LogP contribution is 2.26. The van der Waals surface area contributed by atoms with Crippen LogP contribution in [0.2, 0.25) is 0 Å². The van der Waals surface area contributed by atoms with E-state index < -0.39 is 0 Å². The molecule has 5 heteroatoms. The summed E-state index contributed by atoms with van der Waals surface area (Å²) in [6, 6.07) is 6.96. The molecule has 0 aliphatic heterocycles. The van der Waals surface area contributed by atoms with Crippen molar-refractivity contribution in [2.24, 2.45) is 0 Å². The predicted octanol–water partition coefficient (Wildman–Crippen LogP) is 1.96. The van der Waals surface area contributed by atoms with Crippen molar-refractivity contribution in [2.75, 3.05) is 17.6 Å². The van der Waals surface area contributed by atoms with Gasteiger partial charge in [-0.15, -0.1) is 0 Å². The maximum Gasteiger partial charge on any atom is 0.319 e. The van der Waals surface area contributed by atoms with Gasteiger partial charge in [0.15, 0.2) is 0 Å². The van der Waals surface area contributed by atoms with Gasteiger partial charge in [-0.3, -0.25) is 4.98 Å². The molecule has 4 N–H and O–H groups in total. The van der Waals surface area contributed by atoms with E-state index in [1.54, 1.807) is 18.3 Å². The monoisotopic (exact) mass is 230 g/mol. The Bertz CT molecular complexity index is 553. The summed E-state index contributed by atoms with van der Waals surface area (Å²) in [5.74, 6) is 0. The lowest BCUT2D eigenvalue weighted by molar-refractivity contribution is 0.252. The Kier molecular flexibility index (Phi) is 3.09. The summed E-state index contributed by atoms with van der Waals surface area (Å²) < 4.78 is 0. The number of anilines is 2. The Labute approximate surface area is 99.0 Å². The Morgan fingerprint density at radius 2 is 2.24 bits per heavy atom. The first-order valence-corrected chi connectivity index (χ1v) is 5.40. The fraction of sp³-hybridized carbons (Fsp3) is 0.167. The molecule has 0 fully saturated rings. The van der Waals surface area contributed by atoms with Crippen LogP contribution in [0, 0.1) is 0 Å². The fourth-order valence-corrected chi connectivity index (χ4v) is 1.63. The maximum absolute atomic E-state index is 11.5. The van der Waals surface area contributed by atoms with E-state index in [1.807, 2.05) is 19.1 Å². The van der Waals surface area contributed by atoms with Gasteiger partial charge in [0.2, 0.25) is 0 Å². The molecule has 0 bridgehead atoms. The summed E-state index contributed by atoms with van der Waals surface area (Å²) in [6.07, 6.45) is 1.68. The molecular formula is C12H14N4O. The third-order valence-electron chi connectivity index (χ3n) is 2.39. The summed E-state index contributed by atoms with van der Waals surface area (Å²) in [4.78, 5) is 15.7. The van der Waals surface area contributed by atoms with Gasteiger partial charge in [0.05, 0.1) is 16.9 Å². The maximum atomic E-state index is 11.5. The minimum absolute atomic E-state index is 0.234. The van der Waals surface area contributed by atoms with E-state index in [9.17, 15) is 4.79 Å². The minimum atomic E-state index is -0.234. The first-order valence-electron chi connectivity index (χ1n) is 5.40. The molecule has 17 heavy (non-hydrogen) atoms. The number of carbonyl (C=O) groups excluding carboxylic acids is 1. The van der Waals surface area contributed by atoms with Crippen molar-refractivity contribution in [1.29, 1.82) is 0 Å². The number of nitrogens with one attached hydrogen (secondary N) is 2. The van der Waals surface area contributed by atoms with E-state index >= 15 is 0 Å². The molecule has 2 amide bonds. The third-order valence-corrected chi connectivity index (χ3v) is 2.39. The zero-order chi connectivity index (χ0) is 12.3. The van der Waals surface area contributed by atoms with Crippen molar-refractivity contribution >= 4 is 28.3 Å². The second-order valence-corrected chi connectivity index (χ2v) is 3.59. The van der Waals surface area contributed by atoms with Crippen LogP contribution in [-0.4, -0.2) is 17.6 Å². The highest BCUT2D eigenvalue weighted by atomic mass is 16.2. The SMILES string of the molecule is CCNC(=O)Nc1ccc(N)c2ncccc12. The number of urea groups is 1. The van der Waals surface area contributed by atoms with Crippen LogP contribution in [0.3, 0.4) is 0 Å². The molecular weight excluding hydrogens is 216 g/mol. The Hall–Kier alpha value is -2.30. The summed E-state index contributed by atoms with van der Waals surface area (Å²) in [5, 5.41) is 6.27. The zero-order valence-corrected chi connectivity index (χ0v) is 9.53. The summed E-state index contributed by atoms with van der Waals surface area (Å²) >= 11 is 0. The van der Waals surface area contributed by atoms with Crippen molar-refractivity contribution < 1.29 is 4.79 Å². The second-order valence-electron chi connectivity index (χ2n) is 3.59. The van der Waals surface area contributed by atoms with Crippen molar-refractivity contribution in [3.05, 3.63) is 30.5 Å². The van der Waals surface area contributed by atoms with Crippen molar-refractivity contribution in [2.45, 2.75) is 6.92 Å². The van der Waals surface area contributed by atoms with Crippen molar-refractivity contribution in [3.63, 3.8) is 0 Å². The van der Waals surface area contributed by atoms with Crippen LogP contribution in [-0.2, 0) is 0 Å². The Morgan fingerprint density at radius 3 is 3.00 bits per heavy atom. The number of hydrogen-bond acceptors (Lipinski definition) is 3. The lowest BCUT2D eigenvalue weighted by Gasteiger charge is -2.09. The quantitative estimate of drug-likeness (QED) is 0.690. The van der Waals surface area contributed by atoms with Crippen molar-refractivity contribution in [3.8, 4) is 0 Å². The average Bonchev–Trinajstić information content (AvgIpc) is 2.34. The van der Waals surface area contributed by atoms with Crippen LogP contribution in [0.25, 0.3) is 10.9 Å². The Morgan fingerprint density at radius 1 is 1.41 bits per heavy atom. The molecule has 0 radical (unpaired) electrons. The highest BCUT2D eigenvalue weighted by Gasteiger charge is 2.06. The number of fused-ring (bicyclic) bond motifs is 1. The van der Waals surface area contributed by atoms with Crippen molar-refractivity contribution in [1.82, 2.24) is 10.3 Å². The number of aromatic nitrogens is 1. The molecule has 1 aromatic heterocycles. The molecule has 0 aliphatic carbocycles.